The summed E-state index contributed by atoms with van der Waals surface area (Å²) in [6.07, 6.45) is 7.73. The summed E-state index contributed by atoms with van der Waals surface area (Å²) in [5.41, 5.74) is 5.59. The molecular weight excluding hydrogens is 490 g/mol. The van der Waals surface area contributed by atoms with Crippen molar-refractivity contribution in [2.45, 2.75) is 50.9 Å². The van der Waals surface area contributed by atoms with Crippen molar-refractivity contribution in [3.63, 3.8) is 0 Å². The fourth-order valence-corrected chi connectivity index (χ4v) is 4.60. The molecule has 5 heterocycles. The van der Waals surface area contributed by atoms with E-state index in [0.29, 0.717) is 23.7 Å². The highest BCUT2D eigenvalue weighted by Crippen LogP contribution is 2.47. The van der Waals surface area contributed by atoms with Crippen molar-refractivity contribution in [2.75, 3.05) is 5.32 Å². The quantitative estimate of drug-likeness (QED) is 0.295. The third-order valence-corrected chi connectivity index (χ3v) is 7.31. The zero-order valence-electron chi connectivity index (χ0n) is 20.4. The summed E-state index contributed by atoms with van der Waals surface area (Å²) >= 11 is 6.48. The number of carbonyl (C=O) groups excluding carboxylic acids is 1. The van der Waals surface area contributed by atoms with Crippen LogP contribution < -0.4 is 5.32 Å². The molecule has 0 radical (unpaired) electrons. The van der Waals surface area contributed by atoms with Crippen LogP contribution in [0.3, 0.4) is 0 Å². The first-order valence-electron chi connectivity index (χ1n) is 12.2. The molecule has 4 aromatic heterocycles. The molecule has 0 spiro atoms. The molecule has 0 amide bonds. The van der Waals surface area contributed by atoms with Gasteiger partial charge in [0.15, 0.2) is 11.6 Å². The number of halogens is 1. The highest BCUT2D eigenvalue weighted by molar-refractivity contribution is 6.36. The molecule has 9 nitrogen and oxygen atoms in total. The maximum atomic E-state index is 13.1. The Bertz CT molecular complexity index is 1530. The van der Waals surface area contributed by atoms with Crippen LogP contribution in [0, 0.1) is 0 Å². The molecule has 0 aromatic carbocycles. The monoisotopic (exact) mass is 513 g/mol. The van der Waals surface area contributed by atoms with Crippen LogP contribution in [0.25, 0.3) is 0 Å². The van der Waals surface area contributed by atoms with Crippen molar-refractivity contribution in [2.24, 2.45) is 4.99 Å². The predicted octanol–water partition coefficient (Wildman–Crippen LogP) is 5.76. The van der Waals surface area contributed by atoms with Gasteiger partial charge in [-0.2, -0.15) is 0 Å². The molecule has 186 valence electrons. The first kappa shape index (κ1) is 23.4. The van der Waals surface area contributed by atoms with Crippen molar-refractivity contribution >= 4 is 40.3 Å². The van der Waals surface area contributed by atoms with Crippen molar-refractivity contribution in [1.29, 1.82) is 0 Å². The Kier molecular flexibility index (Phi) is 5.79. The van der Waals surface area contributed by atoms with E-state index >= 15 is 0 Å². The number of fused-ring (bicyclic) bond motifs is 1. The van der Waals surface area contributed by atoms with Crippen LogP contribution >= 0.6 is 11.6 Å². The lowest BCUT2D eigenvalue weighted by atomic mass is 9.99. The van der Waals surface area contributed by atoms with Gasteiger partial charge < -0.3 is 9.84 Å². The number of rotatable bonds is 8. The molecule has 10 heteroatoms. The number of aromatic nitrogens is 5. The molecule has 1 atom stereocenters. The van der Waals surface area contributed by atoms with E-state index in [0.717, 1.165) is 28.5 Å². The minimum absolute atomic E-state index is 0.149. The third-order valence-electron chi connectivity index (χ3n) is 6.96. The van der Waals surface area contributed by atoms with Gasteiger partial charge in [0.25, 0.3) is 0 Å². The number of pyridine rings is 2. The zero-order valence-corrected chi connectivity index (χ0v) is 21.2. The molecule has 6 rings (SSSR count). The second-order valence-corrected chi connectivity index (χ2v) is 10.2. The van der Waals surface area contributed by atoms with Crippen molar-refractivity contribution in [3.8, 4) is 0 Å². The van der Waals surface area contributed by atoms with Crippen LogP contribution in [-0.4, -0.2) is 36.6 Å². The van der Waals surface area contributed by atoms with Crippen LogP contribution in [0.5, 0.6) is 0 Å². The summed E-state index contributed by atoms with van der Waals surface area (Å²) in [6, 6.07) is 9.53. The van der Waals surface area contributed by atoms with E-state index in [1.807, 2.05) is 19.1 Å². The standard InChI is InChI=1S/C27H24ClN7O2/c1-15(11-21(36)25-24(28)26(31-14-30-25)32-16-5-9-29-10-6-16)22-13-20(35-37-22)19-12-18-17(33-19)3-4-23(34-18)27(2)7-8-27/h3-6,9-10,13-15H,7-8,11-12H2,1-2H3,(H,29,30,31,32)/t15-/m0/s1. The van der Waals surface area contributed by atoms with E-state index in [9.17, 15) is 4.79 Å². The van der Waals surface area contributed by atoms with Crippen LogP contribution in [0.4, 0.5) is 17.2 Å². The number of hydrogen-bond donors (Lipinski definition) is 1. The Hall–Kier alpha value is -3.98. The SMILES string of the molecule is C[C@@H](CC(=O)c1ncnc(Nc2ccncc2)c1Cl)c1cc(C2=Nc3ccc(C4(C)CC4)nc3C2)no1. The lowest BCUT2D eigenvalue weighted by molar-refractivity contribution is 0.0967. The number of Topliss-reactive ketones (excluding diaryl/α,β-unsaturated/α-hetero) is 1. The van der Waals surface area contributed by atoms with Gasteiger partial charge in [0.1, 0.15) is 28.5 Å². The molecule has 4 aromatic rings. The summed E-state index contributed by atoms with van der Waals surface area (Å²) in [6.45, 7) is 4.15. The Morgan fingerprint density at radius 2 is 2.00 bits per heavy atom. The molecule has 1 aliphatic carbocycles. The van der Waals surface area contributed by atoms with Gasteiger partial charge in [-0.25, -0.2) is 15.0 Å². The second-order valence-electron chi connectivity index (χ2n) is 9.85. The molecule has 0 unspecified atom stereocenters. The lowest BCUT2D eigenvalue weighted by Crippen LogP contribution is -2.09. The first-order chi connectivity index (χ1) is 17.9. The minimum atomic E-state index is -0.236. The van der Waals surface area contributed by atoms with Crippen LogP contribution in [-0.2, 0) is 11.8 Å². The van der Waals surface area contributed by atoms with E-state index in [2.05, 4.69) is 38.4 Å². The molecule has 1 N–H and O–H groups in total. The summed E-state index contributed by atoms with van der Waals surface area (Å²) in [5.74, 6) is 0.500. The average Bonchev–Trinajstić information content (AvgIpc) is 3.30. The number of aliphatic imine (C=N–C) groups is 1. The normalized spacial score (nSPS) is 16.1. The second kappa shape index (κ2) is 9.15. The Labute approximate surface area is 218 Å². The molecule has 1 fully saturated rings. The molecule has 1 saturated carbocycles. The molecule has 2 aliphatic rings. The minimum Gasteiger partial charge on any atom is -0.360 e. The Morgan fingerprint density at radius 3 is 2.78 bits per heavy atom. The highest BCUT2D eigenvalue weighted by atomic mass is 35.5. The summed E-state index contributed by atoms with van der Waals surface area (Å²) in [7, 11) is 0. The Morgan fingerprint density at radius 1 is 1.19 bits per heavy atom. The maximum Gasteiger partial charge on any atom is 0.183 e. The van der Waals surface area contributed by atoms with Gasteiger partial charge in [-0.1, -0.05) is 30.6 Å². The molecule has 1 aliphatic heterocycles. The lowest BCUT2D eigenvalue weighted by Gasteiger charge is -2.11. The van der Waals surface area contributed by atoms with Crippen LogP contribution in [0.2, 0.25) is 5.02 Å². The number of nitrogens with one attached hydrogen (secondary N) is 1. The van der Waals surface area contributed by atoms with Gasteiger partial charge in [0.05, 0.1) is 17.1 Å². The zero-order chi connectivity index (χ0) is 25.6. The van der Waals surface area contributed by atoms with E-state index in [1.54, 1.807) is 24.5 Å². The first-order valence-corrected chi connectivity index (χ1v) is 12.5. The number of anilines is 2. The number of ketones is 1. The third kappa shape index (κ3) is 4.62. The predicted molar refractivity (Wildman–Crippen MR) is 139 cm³/mol. The maximum absolute atomic E-state index is 13.1. The number of hydrogen-bond acceptors (Lipinski definition) is 9. The Balaban J connectivity index is 1.14. The molecule has 0 bridgehead atoms. The summed E-state index contributed by atoms with van der Waals surface area (Å²) in [4.78, 5) is 34.9. The van der Waals surface area contributed by atoms with Crippen LogP contribution in [0.15, 0.2) is 58.6 Å². The highest BCUT2D eigenvalue weighted by Gasteiger charge is 2.41. The average molecular weight is 514 g/mol. The van der Waals surface area contributed by atoms with Gasteiger partial charge in [-0.05, 0) is 37.1 Å². The van der Waals surface area contributed by atoms with Crippen molar-refractivity contribution in [1.82, 2.24) is 25.1 Å². The van der Waals surface area contributed by atoms with Gasteiger partial charge in [0.2, 0.25) is 0 Å². The van der Waals surface area contributed by atoms with E-state index in [1.165, 1.54) is 19.2 Å². The van der Waals surface area contributed by atoms with E-state index < -0.39 is 0 Å². The summed E-state index contributed by atoms with van der Waals surface area (Å²) in [5, 5.41) is 7.49. The van der Waals surface area contributed by atoms with Gasteiger partial charge >= 0.3 is 0 Å². The van der Waals surface area contributed by atoms with Crippen LogP contribution in [0.1, 0.15) is 72.4 Å². The largest absolute Gasteiger partial charge is 0.360 e. The van der Waals surface area contributed by atoms with Crippen molar-refractivity contribution < 1.29 is 9.32 Å². The molecular formula is C27H24ClN7O2. The van der Waals surface area contributed by atoms with Gasteiger partial charge in [-0.15, -0.1) is 0 Å². The smallest absolute Gasteiger partial charge is 0.183 e. The van der Waals surface area contributed by atoms with Crippen molar-refractivity contribution in [3.05, 3.63) is 82.6 Å². The topological polar surface area (TPSA) is 119 Å². The van der Waals surface area contributed by atoms with Gasteiger partial charge in [0, 0.05) is 54.0 Å². The fourth-order valence-electron chi connectivity index (χ4n) is 4.35. The molecule has 0 saturated heterocycles. The van der Waals surface area contributed by atoms with E-state index in [-0.39, 0.29) is 34.3 Å². The number of nitrogens with zero attached hydrogens (tertiary/aromatic N) is 6. The fraction of sp³-hybridized carbons (Fsp3) is 0.296. The summed E-state index contributed by atoms with van der Waals surface area (Å²) < 4.78 is 5.61. The van der Waals surface area contributed by atoms with Gasteiger partial charge in [-0.3, -0.25) is 14.8 Å². The molecule has 37 heavy (non-hydrogen) atoms. The van der Waals surface area contributed by atoms with E-state index in [4.69, 9.17) is 26.1 Å². The number of carbonyl (C=O) groups is 1.